The van der Waals surface area contributed by atoms with Crippen LogP contribution in [0.15, 0.2) is 30.3 Å². The Hall–Kier alpha value is -2.41. The molecule has 0 saturated carbocycles. The monoisotopic (exact) mass is 305 g/mol. The number of benzene rings is 1. The van der Waals surface area contributed by atoms with Crippen LogP contribution in [0.1, 0.15) is 9.67 Å². The van der Waals surface area contributed by atoms with Crippen LogP contribution in [0.25, 0.3) is 10.1 Å². The number of rotatable bonds is 3. The van der Waals surface area contributed by atoms with E-state index in [1.165, 1.54) is 11.3 Å². The van der Waals surface area contributed by atoms with Gasteiger partial charge in [0.2, 0.25) is 0 Å². The summed E-state index contributed by atoms with van der Waals surface area (Å²) >= 11 is 1.30. The van der Waals surface area contributed by atoms with Crippen LogP contribution in [-0.4, -0.2) is 42.6 Å². The molecule has 0 unspecified atom stereocenters. The van der Waals surface area contributed by atoms with E-state index in [4.69, 9.17) is 4.74 Å². The molecule has 1 aromatic heterocycles. The second-order valence-corrected chi connectivity index (χ2v) is 5.47. The van der Waals surface area contributed by atoms with Crippen LogP contribution in [-0.2, 0) is 14.3 Å². The van der Waals surface area contributed by atoms with Gasteiger partial charge < -0.3 is 9.47 Å². The SMILES string of the molecule is O=C(OCC(=O)N1CCOC1=O)c1cc2ccccc2s1. The summed E-state index contributed by atoms with van der Waals surface area (Å²) in [5.74, 6) is -1.15. The van der Waals surface area contributed by atoms with Gasteiger partial charge in [-0.25, -0.2) is 14.5 Å². The zero-order valence-electron chi connectivity index (χ0n) is 10.9. The lowest BCUT2D eigenvalue weighted by atomic mass is 10.2. The number of cyclic esters (lactones) is 1. The molecule has 1 aromatic carbocycles. The number of nitrogens with zero attached hydrogens (tertiary/aromatic N) is 1. The van der Waals surface area contributed by atoms with E-state index in [2.05, 4.69) is 4.74 Å². The van der Waals surface area contributed by atoms with Crippen LogP contribution in [0.4, 0.5) is 4.79 Å². The van der Waals surface area contributed by atoms with Crippen LogP contribution in [0, 0.1) is 0 Å². The molecule has 108 valence electrons. The van der Waals surface area contributed by atoms with Crippen molar-refractivity contribution in [3.8, 4) is 0 Å². The fraction of sp³-hybridized carbons (Fsp3) is 0.214. The summed E-state index contributed by atoms with van der Waals surface area (Å²) in [6, 6.07) is 9.29. The average Bonchev–Trinajstić information content (AvgIpc) is 3.10. The molecule has 7 heteroatoms. The molecule has 1 saturated heterocycles. The number of amides is 2. The van der Waals surface area contributed by atoms with Crippen LogP contribution in [0.5, 0.6) is 0 Å². The summed E-state index contributed by atoms with van der Waals surface area (Å²) in [6.45, 7) is -0.102. The van der Waals surface area contributed by atoms with Gasteiger partial charge >= 0.3 is 12.1 Å². The molecule has 3 rings (SSSR count). The van der Waals surface area contributed by atoms with Gasteiger partial charge in [-0.2, -0.15) is 0 Å². The van der Waals surface area contributed by atoms with Gasteiger partial charge in [-0.3, -0.25) is 4.79 Å². The molecule has 2 amide bonds. The average molecular weight is 305 g/mol. The highest BCUT2D eigenvalue weighted by Gasteiger charge is 2.29. The number of carbonyl (C=O) groups is 3. The molecule has 1 aliphatic rings. The van der Waals surface area contributed by atoms with Crippen molar-refractivity contribution in [2.45, 2.75) is 0 Å². The lowest BCUT2D eigenvalue weighted by Gasteiger charge is -2.10. The Bertz CT molecular complexity index is 690. The largest absolute Gasteiger partial charge is 0.451 e. The zero-order valence-corrected chi connectivity index (χ0v) is 11.7. The second kappa shape index (κ2) is 5.53. The van der Waals surface area contributed by atoms with Crippen LogP contribution < -0.4 is 0 Å². The second-order valence-electron chi connectivity index (χ2n) is 4.38. The molecule has 0 spiro atoms. The third-order valence-corrected chi connectivity index (χ3v) is 4.11. The summed E-state index contributed by atoms with van der Waals surface area (Å²) < 4.78 is 10.6. The van der Waals surface area contributed by atoms with Crippen molar-refractivity contribution in [3.05, 3.63) is 35.2 Å². The van der Waals surface area contributed by atoms with Crippen molar-refractivity contribution < 1.29 is 23.9 Å². The molecule has 0 bridgehead atoms. The Morgan fingerprint density at radius 2 is 2.14 bits per heavy atom. The molecule has 0 aliphatic carbocycles. The Labute approximate surface area is 123 Å². The van der Waals surface area contributed by atoms with Crippen molar-refractivity contribution >= 4 is 39.4 Å². The number of imide groups is 1. The van der Waals surface area contributed by atoms with Crippen molar-refractivity contribution in [3.63, 3.8) is 0 Å². The minimum atomic E-state index is -0.696. The number of hydrogen-bond acceptors (Lipinski definition) is 6. The van der Waals surface area contributed by atoms with Crippen molar-refractivity contribution in [1.29, 1.82) is 0 Å². The first kappa shape index (κ1) is 13.6. The molecule has 2 aromatic rings. The number of carbonyl (C=O) groups excluding carboxylic acids is 3. The lowest BCUT2D eigenvalue weighted by molar-refractivity contribution is -0.131. The standard InChI is InChI=1S/C14H11NO5S/c16-12(15-5-6-19-14(15)18)8-20-13(17)11-7-9-3-1-2-4-10(9)21-11/h1-4,7H,5-6,8H2. The maximum atomic E-state index is 11.9. The molecular weight excluding hydrogens is 294 g/mol. The summed E-state index contributed by atoms with van der Waals surface area (Å²) in [4.78, 5) is 36.2. The van der Waals surface area contributed by atoms with E-state index >= 15 is 0 Å². The fourth-order valence-corrected chi connectivity index (χ4v) is 2.94. The van der Waals surface area contributed by atoms with E-state index in [0.717, 1.165) is 15.0 Å². The highest BCUT2D eigenvalue weighted by atomic mass is 32.1. The highest BCUT2D eigenvalue weighted by molar-refractivity contribution is 7.20. The Balaban J connectivity index is 1.63. The minimum absolute atomic E-state index is 0.175. The summed E-state index contributed by atoms with van der Waals surface area (Å²) in [6.07, 6.45) is -0.696. The molecule has 0 radical (unpaired) electrons. The number of ether oxygens (including phenoxy) is 2. The van der Waals surface area contributed by atoms with Crippen LogP contribution >= 0.6 is 11.3 Å². The van der Waals surface area contributed by atoms with Gasteiger partial charge in [0.05, 0.1) is 6.54 Å². The van der Waals surface area contributed by atoms with Gasteiger partial charge in [0.1, 0.15) is 11.5 Å². The van der Waals surface area contributed by atoms with Gasteiger partial charge in [0.15, 0.2) is 6.61 Å². The number of esters is 1. The molecule has 1 fully saturated rings. The maximum absolute atomic E-state index is 11.9. The third-order valence-electron chi connectivity index (χ3n) is 3.02. The van der Waals surface area contributed by atoms with E-state index in [0.29, 0.717) is 4.88 Å². The molecule has 2 heterocycles. The van der Waals surface area contributed by atoms with Crippen LogP contribution in [0.3, 0.4) is 0 Å². The van der Waals surface area contributed by atoms with E-state index < -0.39 is 24.6 Å². The Morgan fingerprint density at radius 3 is 2.86 bits per heavy atom. The normalized spacial score (nSPS) is 14.3. The topological polar surface area (TPSA) is 72.9 Å². The predicted molar refractivity (Wildman–Crippen MR) is 75.2 cm³/mol. The summed E-state index contributed by atoms with van der Waals surface area (Å²) in [5.41, 5.74) is 0. The highest BCUT2D eigenvalue weighted by Crippen LogP contribution is 2.25. The van der Waals surface area contributed by atoms with E-state index in [-0.39, 0.29) is 13.2 Å². The van der Waals surface area contributed by atoms with Gasteiger partial charge in [-0.1, -0.05) is 18.2 Å². The maximum Gasteiger partial charge on any atom is 0.416 e. The van der Waals surface area contributed by atoms with Gasteiger partial charge in [0.25, 0.3) is 5.91 Å². The molecule has 21 heavy (non-hydrogen) atoms. The van der Waals surface area contributed by atoms with Crippen LogP contribution in [0.2, 0.25) is 0 Å². The number of fused-ring (bicyclic) bond motifs is 1. The zero-order chi connectivity index (χ0) is 14.8. The Kier molecular flexibility index (Phi) is 3.57. The molecule has 6 nitrogen and oxygen atoms in total. The van der Waals surface area contributed by atoms with E-state index in [1.807, 2.05) is 24.3 Å². The first-order chi connectivity index (χ1) is 10.1. The van der Waals surface area contributed by atoms with E-state index in [9.17, 15) is 14.4 Å². The molecule has 0 N–H and O–H groups in total. The lowest BCUT2D eigenvalue weighted by Crippen LogP contribution is -2.35. The predicted octanol–water partition coefficient (Wildman–Crippen LogP) is 2.04. The quantitative estimate of drug-likeness (QED) is 0.811. The third kappa shape index (κ3) is 2.73. The fourth-order valence-electron chi connectivity index (χ4n) is 1.98. The smallest absolute Gasteiger partial charge is 0.416 e. The van der Waals surface area contributed by atoms with Gasteiger partial charge in [0, 0.05) is 4.70 Å². The van der Waals surface area contributed by atoms with Crippen molar-refractivity contribution in [1.82, 2.24) is 4.90 Å². The number of thiophene rings is 1. The van der Waals surface area contributed by atoms with Gasteiger partial charge in [-0.15, -0.1) is 11.3 Å². The van der Waals surface area contributed by atoms with Crippen molar-refractivity contribution in [2.24, 2.45) is 0 Å². The minimum Gasteiger partial charge on any atom is -0.451 e. The summed E-state index contributed by atoms with van der Waals surface area (Å²) in [5, 5.41) is 0.948. The molecular formula is C14H11NO5S. The molecule has 1 aliphatic heterocycles. The first-order valence-electron chi connectivity index (χ1n) is 6.28. The molecule has 0 atom stereocenters. The number of hydrogen-bond donors (Lipinski definition) is 0. The van der Waals surface area contributed by atoms with Gasteiger partial charge in [-0.05, 0) is 17.5 Å². The summed E-state index contributed by atoms with van der Waals surface area (Å²) in [7, 11) is 0. The van der Waals surface area contributed by atoms with Crippen molar-refractivity contribution in [2.75, 3.05) is 19.8 Å². The van der Waals surface area contributed by atoms with E-state index in [1.54, 1.807) is 6.07 Å². The Morgan fingerprint density at radius 1 is 1.33 bits per heavy atom. The first-order valence-corrected chi connectivity index (χ1v) is 7.09.